The highest BCUT2D eigenvalue weighted by Gasteiger charge is 2.13. The van der Waals surface area contributed by atoms with Crippen LogP contribution in [-0.4, -0.2) is 35.4 Å². The largest absolute Gasteiger partial charge is 0.286 e. The molecule has 0 amide bonds. The molecule has 0 aliphatic carbocycles. The van der Waals surface area contributed by atoms with Crippen LogP contribution in [0.3, 0.4) is 0 Å². The molecule has 0 aliphatic heterocycles. The lowest BCUT2D eigenvalue weighted by molar-refractivity contribution is 0.239. The van der Waals surface area contributed by atoms with Crippen molar-refractivity contribution in [3.05, 3.63) is 89.8 Å². The average molecular weight is 398 g/mol. The third kappa shape index (κ3) is 6.19. The van der Waals surface area contributed by atoms with Crippen molar-refractivity contribution < 1.29 is 12.6 Å². The fraction of sp³-hybridized carbons (Fsp3) is 0.250. The normalized spacial score (nSPS) is 11.6. The van der Waals surface area contributed by atoms with Crippen molar-refractivity contribution in [2.75, 3.05) is 7.11 Å². The van der Waals surface area contributed by atoms with Gasteiger partial charge in [-0.25, -0.2) is 0 Å². The first-order valence-electron chi connectivity index (χ1n) is 8.78. The minimum absolute atomic E-state index is 0.192. The molecule has 8 heteroatoms. The molecule has 0 fully saturated rings. The van der Waals surface area contributed by atoms with Crippen molar-refractivity contribution >= 4 is 10.1 Å². The Morgan fingerprint density at radius 1 is 0.821 bits per heavy atom. The zero-order chi connectivity index (χ0) is 19.8. The molecule has 3 aromatic heterocycles. The summed E-state index contributed by atoms with van der Waals surface area (Å²) in [5, 5.41) is 0. The Morgan fingerprint density at radius 2 is 1.39 bits per heavy atom. The zero-order valence-electron chi connectivity index (χ0n) is 15.6. The van der Waals surface area contributed by atoms with Gasteiger partial charge in [-0.3, -0.25) is 24.0 Å². The Morgan fingerprint density at radius 3 is 1.82 bits per heavy atom. The summed E-state index contributed by atoms with van der Waals surface area (Å²) < 4.78 is 27.6. The van der Waals surface area contributed by atoms with Crippen molar-refractivity contribution in [3.63, 3.8) is 0 Å². The second-order valence-corrected chi connectivity index (χ2v) is 8.05. The van der Waals surface area contributed by atoms with E-state index >= 15 is 0 Å². The van der Waals surface area contributed by atoms with Crippen LogP contribution >= 0.6 is 0 Å². The van der Waals surface area contributed by atoms with E-state index in [1.54, 1.807) is 24.7 Å². The number of rotatable bonds is 9. The van der Waals surface area contributed by atoms with E-state index in [0.717, 1.165) is 24.2 Å². The summed E-state index contributed by atoms with van der Waals surface area (Å²) in [6, 6.07) is 15.3. The lowest BCUT2D eigenvalue weighted by Crippen LogP contribution is -2.24. The minimum atomic E-state index is -3.56. The summed E-state index contributed by atoms with van der Waals surface area (Å²) in [6.45, 7) is 1.89. The average Bonchev–Trinajstić information content (AvgIpc) is 2.71. The molecular weight excluding hydrogens is 376 g/mol. The van der Waals surface area contributed by atoms with Gasteiger partial charge in [-0.1, -0.05) is 18.2 Å². The first-order chi connectivity index (χ1) is 13.5. The van der Waals surface area contributed by atoms with Crippen molar-refractivity contribution in [1.82, 2.24) is 19.9 Å². The van der Waals surface area contributed by atoms with Crippen molar-refractivity contribution in [3.8, 4) is 0 Å². The number of aromatic nitrogens is 3. The van der Waals surface area contributed by atoms with Gasteiger partial charge < -0.3 is 0 Å². The van der Waals surface area contributed by atoms with E-state index in [1.807, 2.05) is 42.5 Å². The molecule has 28 heavy (non-hydrogen) atoms. The molecule has 0 bridgehead atoms. The minimum Gasteiger partial charge on any atom is -0.286 e. The van der Waals surface area contributed by atoms with Crippen LogP contribution in [0.4, 0.5) is 0 Å². The van der Waals surface area contributed by atoms with Gasteiger partial charge >= 0.3 is 0 Å². The van der Waals surface area contributed by atoms with E-state index in [-0.39, 0.29) is 5.75 Å². The second-order valence-electron chi connectivity index (χ2n) is 6.31. The SMILES string of the molecule is COS(=O)(=O)Cc1ccc(CN(Cc2ccccn2)Cc2ccccn2)nc1. The van der Waals surface area contributed by atoms with E-state index in [4.69, 9.17) is 0 Å². The molecule has 0 radical (unpaired) electrons. The molecule has 0 N–H and O–H groups in total. The van der Waals surface area contributed by atoms with Gasteiger partial charge in [-0.05, 0) is 35.9 Å². The van der Waals surface area contributed by atoms with Crippen LogP contribution < -0.4 is 0 Å². The molecule has 3 heterocycles. The van der Waals surface area contributed by atoms with Crippen molar-refractivity contribution in [1.29, 1.82) is 0 Å². The molecule has 7 nitrogen and oxygen atoms in total. The van der Waals surface area contributed by atoms with E-state index in [0.29, 0.717) is 25.2 Å². The number of hydrogen-bond donors (Lipinski definition) is 0. The van der Waals surface area contributed by atoms with Crippen LogP contribution in [0.1, 0.15) is 22.6 Å². The molecule has 0 aliphatic rings. The van der Waals surface area contributed by atoms with Gasteiger partial charge in [-0.15, -0.1) is 0 Å². The predicted molar refractivity (Wildman–Crippen MR) is 105 cm³/mol. The van der Waals surface area contributed by atoms with Gasteiger partial charge in [-0.2, -0.15) is 8.42 Å². The second kappa shape index (κ2) is 9.50. The predicted octanol–water partition coefficient (Wildman–Crippen LogP) is 2.55. The summed E-state index contributed by atoms with van der Waals surface area (Å²) in [5.41, 5.74) is 3.35. The smallest absolute Gasteiger partial charge is 0.271 e. The highest BCUT2D eigenvalue weighted by Crippen LogP contribution is 2.13. The molecule has 3 rings (SSSR count). The molecule has 0 atom stereocenters. The topological polar surface area (TPSA) is 85.3 Å². The summed E-state index contributed by atoms with van der Waals surface area (Å²) >= 11 is 0. The maximum Gasteiger partial charge on any atom is 0.271 e. The van der Waals surface area contributed by atoms with Crippen LogP contribution in [0.5, 0.6) is 0 Å². The zero-order valence-corrected chi connectivity index (χ0v) is 16.4. The summed E-state index contributed by atoms with van der Waals surface area (Å²) in [6.07, 6.45) is 5.13. The van der Waals surface area contributed by atoms with Gasteiger partial charge in [0.15, 0.2) is 0 Å². The first kappa shape index (κ1) is 20.1. The van der Waals surface area contributed by atoms with E-state index in [9.17, 15) is 8.42 Å². The maximum absolute atomic E-state index is 11.6. The van der Waals surface area contributed by atoms with Gasteiger partial charge in [0.05, 0.1) is 24.2 Å². The fourth-order valence-corrected chi connectivity index (χ4v) is 3.43. The number of nitrogens with zero attached hydrogens (tertiary/aromatic N) is 4. The van der Waals surface area contributed by atoms with Gasteiger partial charge in [0, 0.05) is 38.2 Å². The maximum atomic E-state index is 11.6. The van der Waals surface area contributed by atoms with E-state index in [1.165, 1.54) is 0 Å². The van der Waals surface area contributed by atoms with E-state index < -0.39 is 10.1 Å². The Labute approximate surface area is 165 Å². The van der Waals surface area contributed by atoms with Gasteiger partial charge in [0.25, 0.3) is 10.1 Å². The number of hydrogen-bond acceptors (Lipinski definition) is 7. The molecule has 146 valence electrons. The molecule has 3 aromatic rings. The lowest BCUT2D eigenvalue weighted by Gasteiger charge is -2.21. The third-order valence-corrected chi connectivity index (χ3v) is 5.29. The molecule has 0 unspecified atom stereocenters. The van der Waals surface area contributed by atoms with Crippen molar-refractivity contribution in [2.24, 2.45) is 0 Å². The third-order valence-electron chi connectivity index (χ3n) is 4.09. The van der Waals surface area contributed by atoms with Crippen LogP contribution in [0.25, 0.3) is 0 Å². The summed E-state index contributed by atoms with van der Waals surface area (Å²) in [7, 11) is -2.40. The van der Waals surface area contributed by atoms with Crippen LogP contribution in [-0.2, 0) is 39.7 Å². The Bertz CT molecular complexity index is 924. The first-order valence-corrected chi connectivity index (χ1v) is 10.4. The van der Waals surface area contributed by atoms with Crippen LogP contribution in [0.15, 0.2) is 67.1 Å². The Kier molecular flexibility index (Phi) is 6.80. The highest BCUT2D eigenvalue weighted by molar-refractivity contribution is 7.85. The van der Waals surface area contributed by atoms with Crippen LogP contribution in [0, 0.1) is 0 Å². The summed E-state index contributed by atoms with van der Waals surface area (Å²) in [4.78, 5) is 15.4. The van der Waals surface area contributed by atoms with E-state index in [2.05, 4.69) is 24.0 Å². The number of pyridine rings is 3. The quantitative estimate of drug-likeness (QED) is 0.512. The molecule has 0 saturated heterocycles. The van der Waals surface area contributed by atoms with Crippen LogP contribution in [0.2, 0.25) is 0 Å². The molecule has 0 spiro atoms. The molecule has 0 aromatic carbocycles. The molecule has 0 saturated carbocycles. The highest BCUT2D eigenvalue weighted by atomic mass is 32.2. The van der Waals surface area contributed by atoms with Crippen molar-refractivity contribution in [2.45, 2.75) is 25.4 Å². The standard InChI is InChI=1S/C20H22N4O3S/c1-27-28(25,26)16-17-8-9-20(23-12-17)15-24(13-18-6-2-4-10-21-18)14-19-7-3-5-11-22-19/h2-12H,13-16H2,1H3. The fourth-order valence-electron chi connectivity index (χ4n) is 2.74. The Hall–Kier alpha value is -2.68. The lowest BCUT2D eigenvalue weighted by atomic mass is 10.2. The van der Waals surface area contributed by atoms with Gasteiger partial charge in [0.2, 0.25) is 0 Å². The summed E-state index contributed by atoms with van der Waals surface area (Å²) in [5.74, 6) is -0.192. The Balaban J connectivity index is 1.73. The molecular formula is C20H22N4O3S. The van der Waals surface area contributed by atoms with Gasteiger partial charge in [0.1, 0.15) is 5.75 Å². The monoisotopic (exact) mass is 398 g/mol.